The molecule has 0 N–H and O–H groups in total. The van der Waals surface area contributed by atoms with Crippen molar-refractivity contribution in [1.29, 1.82) is 0 Å². The van der Waals surface area contributed by atoms with Gasteiger partial charge in [-0.15, -0.1) is 0 Å². The molecule has 0 spiro atoms. The highest BCUT2D eigenvalue weighted by Gasteiger charge is 2.34. The fourth-order valence-electron chi connectivity index (χ4n) is 1.89. The number of nitrogens with zero attached hydrogens (tertiary/aromatic N) is 1. The second kappa shape index (κ2) is 3.67. The van der Waals surface area contributed by atoms with Crippen LogP contribution in [0.2, 0.25) is 0 Å². The quantitative estimate of drug-likeness (QED) is 0.682. The van der Waals surface area contributed by atoms with Gasteiger partial charge in [-0.1, -0.05) is 29.8 Å². The maximum Gasteiger partial charge on any atom is 0.0513 e. The summed E-state index contributed by atoms with van der Waals surface area (Å²) in [6.45, 7) is 6.96. The van der Waals surface area contributed by atoms with Crippen LogP contribution in [0.4, 0.5) is 5.69 Å². The van der Waals surface area contributed by atoms with Crippen LogP contribution in [0.15, 0.2) is 22.7 Å². The molecule has 3 heteroatoms. The molecule has 0 radical (unpaired) electrons. The average Bonchev–Trinajstić information content (AvgIpc) is 2.05. The van der Waals surface area contributed by atoms with Gasteiger partial charge in [0.1, 0.15) is 0 Å². The van der Waals surface area contributed by atoms with E-state index < -0.39 is 0 Å². The van der Waals surface area contributed by atoms with Crippen LogP contribution in [0.3, 0.4) is 0 Å². The Balaban J connectivity index is 2.22. The molecule has 0 amide bonds. The van der Waals surface area contributed by atoms with E-state index in [-0.39, 0.29) is 0 Å². The second-order valence-corrected chi connectivity index (χ2v) is 6.69. The monoisotopic (exact) mass is 365 g/mol. The Morgan fingerprint density at radius 1 is 1.36 bits per heavy atom. The van der Waals surface area contributed by atoms with Gasteiger partial charge in [-0.2, -0.15) is 0 Å². The van der Waals surface area contributed by atoms with E-state index in [0.717, 1.165) is 4.47 Å². The van der Waals surface area contributed by atoms with Crippen LogP contribution in [0.25, 0.3) is 0 Å². The van der Waals surface area contributed by atoms with E-state index in [0.29, 0.717) is 5.41 Å². The number of hydrogen-bond donors (Lipinski definition) is 0. The Morgan fingerprint density at radius 2 is 2.00 bits per heavy atom. The van der Waals surface area contributed by atoms with Crippen LogP contribution in [-0.4, -0.2) is 13.1 Å². The number of benzene rings is 1. The van der Waals surface area contributed by atoms with Crippen molar-refractivity contribution in [3.63, 3.8) is 0 Å². The van der Waals surface area contributed by atoms with Crippen molar-refractivity contribution in [2.75, 3.05) is 18.0 Å². The summed E-state index contributed by atoms with van der Waals surface area (Å²) in [5.74, 6) is 0. The lowest BCUT2D eigenvalue weighted by atomic mass is 9.84. The highest BCUT2D eigenvalue weighted by molar-refractivity contribution is 14.1. The molecule has 14 heavy (non-hydrogen) atoms. The first kappa shape index (κ1) is 10.7. The average molecular weight is 366 g/mol. The van der Waals surface area contributed by atoms with E-state index in [1.54, 1.807) is 0 Å². The van der Waals surface area contributed by atoms with Crippen molar-refractivity contribution in [1.82, 2.24) is 0 Å². The third-order valence-electron chi connectivity index (χ3n) is 2.49. The fraction of sp³-hybridized carbons (Fsp3) is 0.455. The fourth-order valence-corrected chi connectivity index (χ4v) is 2.91. The van der Waals surface area contributed by atoms with Crippen molar-refractivity contribution < 1.29 is 0 Å². The maximum atomic E-state index is 3.52. The molecular formula is C11H13BrIN. The lowest BCUT2D eigenvalue weighted by molar-refractivity contribution is 0.276. The Kier molecular flexibility index (Phi) is 2.81. The molecule has 1 aromatic rings. The number of rotatable bonds is 1. The van der Waals surface area contributed by atoms with Crippen LogP contribution in [0.5, 0.6) is 0 Å². The molecule has 0 aliphatic carbocycles. The highest BCUT2D eigenvalue weighted by Crippen LogP contribution is 2.36. The van der Waals surface area contributed by atoms with Crippen molar-refractivity contribution in [2.45, 2.75) is 13.8 Å². The first-order valence-corrected chi connectivity index (χ1v) is 6.55. The van der Waals surface area contributed by atoms with Gasteiger partial charge in [0.25, 0.3) is 0 Å². The van der Waals surface area contributed by atoms with Crippen LogP contribution >= 0.6 is 38.5 Å². The topological polar surface area (TPSA) is 3.24 Å². The third kappa shape index (κ3) is 2.08. The molecule has 0 unspecified atom stereocenters. The SMILES string of the molecule is CC1(C)CN(c2cc(Br)ccc2I)C1. The summed E-state index contributed by atoms with van der Waals surface area (Å²) in [7, 11) is 0. The minimum absolute atomic E-state index is 0.491. The van der Waals surface area contributed by atoms with Crippen molar-refractivity contribution >= 4 is 44.2 Å². The minimum Gasteiger partial charge on any atom is -0.369 e. The zero-order valence-corrected chi connectivity index (χ0v) is 12.1. The molecule has 1 nitrogen and oxygen atoms in total. The Morgan fingerprint density at radius 3 is 2.57 bits per heavy atom. The van der Waals surface area contributed by atoms with Crippen molar-refractivity contribution in [3.05, 3.63) is 26.2 Å². The molecule has 0 bridgehead atoms. The van der Waals surface area contributed by atoms with Gasteiger partial charge in [-0.3, -0.25) is 0 Å². The molecule has 1 saturated heterocycles. The highest BCUT2D eigenvalue weighted by atomic mass is 127. The molecule has 1 aromatic carbocycles. The van der Waals surface area contributed by atoms with Gasteiger partial charge in [-0.25, -0.2) is 0 Å². The minimum atomic E-state index is 0.491. The summed E-state index contributed by atoms with van der Waals surface area (Å²) in [5, 5.41) is 0. The van der Waals surface area contributed by atoms with Gasteiger partial charge >= 0.3 is 0 Å². The summed E-state index contributed by atoms with van der Waals surface area (Å²) in [6.07, 6.45) is 0. The molecule has 0 aromatic heterocycles. The molecule has 76 valence electrons. The zero-order valence-electron chi connectivity index (χ0n) is 8.35. The lowest BCUT2D eigenvalue weighted by Gasteiger charge is -2.47. The Bertz CT molecular complexity index is 354. The predicted molar refractivity (Wildman–Crippen MR) is 72.9 cm³/mol. The van der Waals surface area contributed by atoms with Gasteiger partial charge in [0.15, 0.2) is 0 Å². The first-order chi connectivity index (χ1) is 6.48. The van der Waals surface area contributed by atoms with Crippen LogP contribution in [-0.2, 0) is 0 Å². The van der Waals surface area contributed by atoms with E-state index in [1.165, 1.54) is 22.3 Å². The number of halogens is 2. The largest absolute Gasteiger partial charge is 0.369 e. The lowest BCUT2D eigenvalue weighted by Crippen LogP contribution is -2.53. The van der Waals surface area contributed by atoms with Gasteiger partial charge in [0.2, 0.25) is 0 Å². The summed E-state index contributed by atoms with van der Waals surface area (Å²) in [4.78, 5) is 2.44. The molecule has 2 rings (SSSR count). The molecule has 1 fully saturated rings. The zero-order chi connectivity index (χ0) is 10.3. The number of anilines is 1. The van der Waals surface area contributed by atoms with Crippen LogP contribution < -0.4 is 4.90 Å². The second-order valence-electron chi connectivity index (χ2n) is 4.62. The molecule has 1 aliphatic heterocycles. The Labute approximate surface area is 107 Å². The molecule has 0 saturated carbocycles. The van der Waals surface area contributed by atoms with Crippen molar-refractivity contribution in [2.24, 2.45) is 5.41 Å². The standard InChI is InChI=1S/C11H13BrIN/c1-11(2)6-14(7-11)10-5-8(12)3-4-9(10)13/h3-5H,6-7H2,1-2H3. The molecule has 1 heterocycles. The molecule has 0 atom stereocenters. The smallest absolute Gasteiger partial charge is 0.0513 e. The van der Waals surface area contributed by atoms with E-state index >= 15 is 0 Å². The van der Waals surface area contributed by atoms with Gasteiger partial charge in [-0.05, 0) is 46.2 Å². The Hall–Kier alpha value is 0.230. The van der Waals surface area contributed by atoms with Crippen LogP contribution in [0, 0.1) is 8.99 Å². The van der Waals surface area contributed by atoms with E-state index in [1.807, 2.05) is 0 Å². The summed E-state index contributed by atoms with van der Waals surface area (Å²) in [5.41, 5.74) is 1.85. The summed E-state index contributed by atoms with van der Waals surface area (Å²) in [6, 6.07) is 6.46. The molecule has 1 aliphatic rings. The normalized spacial score (nSPS) is 19.3. The van der Waals surface area contributed by atoms with E-state index in [4.69, 9.17) is 0 Å². The summed E-state index contributed by atoms with van der Waals surface area (Å²) < 4.78 is 2.50. The first-order valence-electron chi connectivity index (χ1n) is 4.68. The number of hydrogen-bond acceptors (Lipinski definition) is 1. The molecular weight excluding hydrogens is 353 g/mol. The predicted octanol–water partition coefficient (Wildman–Crippen LogP) is 3.90. The van der Waals surface area contributed by atoms with Gasteiger partial charge < -0.3 is 4.90 Å². The maximum absolute atomic E-state index is 3.52. The van der Waals surface area contributed by atoms with Gasteiger partial charge in [0, 0.05) is 21.1 Å². The van der Waals surface area contributed by atoms with Crippen LogP contribution in [0.1, 0.15) is 13.8 Å². The third-order valence-corrected chi connectivity index (χ3v) is 3.89. The van der Waals surface area contributed by atoms with Gasteiger partial charge in [0.05, 0.1) is 5.69 Å². The van der Waals surface area contributed by atoms with E-state index in [9.17, 15) is 0 Å². The van der Waals surface area contributed by atoms with E-state index in [2.05, 4.69) is 75.5 Å². The van der Waals surface area contributed by atoms with Crippen molar-refractivity contribution in [3.8, 4) is 0 Å². The summed E-state index contributed by atoms with van der Waals surface area (Å²) >= 11 is 5.92.